The molecule has 2 nitrogen and oxygen atoms in total. The Balaban J connectivity index is 1.24. The first-order chi connectivity index (χ1) is 26.4. The van der Waals surface area contributed by atoms with E-state index in [9.17, 15) is 4.79 Å². The summed E-state index contributed by atoms with van der Waals surface area (Å²) in [5.74, 6) is 0. The van der Waals surface area contributed by atoms with Crippen molar-refractivity contribution in [2.75, 3.05) is 0 Å². The highest BCUT2D eigenvalue weighted by molar-refractivity contribution is 7.24. The highest BCUT2D eigenvalue weighted by Crippen LogP contribution is 2.63. The van der Waals surface area contributed by atoms with Crippen LogP contribution >= 0.6 is 11.3 Å². The minimum Gasteiger partial charge on any atom is -0.309 e. The van der Waals surface area contributed by atoms with Crippen molar-refractivity contribution < 1.29 is 0 Å². The monoisotopic (exact) mass is 727 g/mol. The largest absolute Gasteiger partial charge is 0.309 e. The van der Waals surface area contributed by atoms with E-state index in [1.807, 2.05) is 18.2 Å². The second-order valence-corrected chi connectivity index (χ2v) is 18.8. The second-order valence-electron chi connectivity index (χ2n) is 17.7. The standard InChI is InChI=1S/C52H41NOS/c1-50(2,3)30-19-23-45-38(25-30)39-26-31(51(4,5)6)20-24-46(39)53(45)32-21-22-35-33-13-7-10-16-41(33)52(43(35)27-32)42-17-11-8-14-34(42)37-29-48-40(28-44(37)52)49(54)36-15-9-12-18-47(36)55-48/h7-29H,1-6H3. The van der Waals surface area contributed by atoms with Crippen LogP contribution in [0.2, 0.25) is 0 Å². The molecule has 1 atom stereocenters. The van der Waals surface area contributed by atoms with Gasteiger partial charge in [0.05, 0.1) is 16.4 Å². The van der Waals surface area contributed by atoms with Gasteiger partial charge in [0.1, 0.15) is 0 Å². The Morgan fingerprint density at radius 3 is 1.64 bits per heavy atom. The molecule has 7 aromatic carbocycles. The number of hydrogen-bond donors (Lipinski definition) is 0. The summed E-state index contributed by atoms with van der Waals surface area (Å²) in [7, 11) is 0. The lowest BCUT2D eigenvalue weighted by molar-refractivity contribution is 0.590. The summed E-state index contributed by atoms with van der Waals surface area (Å²) in [6.07, 6.45) is 0. The van der Waals surface area contributed by atoms with Gasteiger partial charge in [0.25, 0.3) is 0 Å². The van der Waals surface area contributed by atoms with Gasteiger partial charge in [-0.3, -0.25) is 4.79 Å². The Morgan fingerprint density at radius 2 is 1.00 bits per heavy atom. The Labute approximate surface area is 325 Å². The fraction of sp³-hybridized carbons (Fsp3) is 0.173. The van der Waals surface area contributed by atoms with E-state index in [2.05, 4.69) is 167 Å². The average molecular weight is 728 g/mol. The Bertz CT molecular complexity index is 3130. The summed E-state index contributed by atoms with van der Waals surface area (Å²) in [5, 5.41) is 4.15. The van der Waals surface area contributed by atoms with Gasteiger partial charge in [0.15, 0.2) is 5.43 Å². The fourth-order valence-electron chi connectivity index (χ4n) is 9.79. The van der Waals surface area contributed by atoms with E-state index in [0.717, 1.165) is 25.9 Å². The van der Waals surface area contributed by atoms with Crippen molar-refractivity contribution in [1.29, 1.82) is 0 Å². The first-order valence-electron chi connectivity index (χ1n) is 19.4. The molecule has 266 valence electrons. The molecule has 2 aromatic heterocycles. The van der Waals surface area contributed by atoms with Crippen molar-refractivity contribution in [1.82, 2.24) is 4.57 Å². The first kappa shape index (κ1) is 32.6. The van der Waals surface area contributed by atoms with Gasteiger partial charge in [-0.05, 0) is 127 Å². The van der Waals surface area contributed by atoms with E-state index in [-0.39, 0.29) is 16.3 Å². The number of nitrogens with zero attached hydrogens (tertiary/aromatic N) is 1. The summed E-state index contributed by atoms with van der Waals surface area (Å²) < 4.78 is 4.54. The molecule has 0 aliphatic heterocycles. The molecular formula is C52H41NOS. The molecule has 11 rings (SSSR count). The predicted molar refractivity (Wildman–Crippen MR) is 234 cm³/mol. The molecule has 0 fully saturated rings. The number of aromatic nitrogens is 1. The molecule has 2 aliphatic carbocycles. The summed E-state index contributed by atoms with van der Waals surface area (Å²) >= 11 is 1.71. The molecule has 0 radical (unpaired) electrons. The molecule has 55 heavy (non-hydrogen) atoms. The van der Waals surface area contributed by atoms with Crippen LogP contribution < -0.4 is 5.43 Å². The quantitative estimate of drug-likeness (QED) is 0.154. The van der Waals surface area contributed by atoms with Crippen molar-refractivity contribution >= 4 is 53.3 Å². The van der Waals surface area contributed by atoms with Gasteiger partial charge in [-0.15, -0.1) is 11.3 Å². The van der Waals surface area contributed by atoms with Gasteiger partial charge < -0.3 is 4.57 Å². The van der Waals surface area contributed by atoms with Gasteiger partial charge >= 0.3 is 0 Å². The molecule has 0 amide bonds. The zero-order valence-electron chi connectivity index (χ0n) is 32.0. The normalized spacial score (nSPS) is 16.0. The Hall–Kier alpha value is -5.77. The third-order valence-electron chi connectivity index (χ3n) is 12.5. The fourth-order valence-corrected chi connectivity index (χ4v) is 10.9. The molecule has 0 bridgehead atoms. The van der Waals surface area contributed by atoms with Crippen LogP contribution in [-0.2, 0) is 16.2 Å². The molecule has 2 aliphatic rings. The van der Waals surface area contributed by atoms with E-state index in [4.69, 9.17) is 0 Å². The van der Waals surface area contributed by atoms with Gasteiger partial charge in [0, 0.05) is 36.6 Å². The highest BCUT2D eigenvalue weighted by atomic mass is 32.1. The van der Waals surface area contributed by atoms with Gasteiger partial charge in [-0.25, -0.2) is 0 Å². The Kier molecular flexibility index (Phi) is 6.48. The smallest absolute Gasteiger partial charge is 0.195 e. The van der Waals surface area contributed by atoms with Crippen molar-refractivity contribution in [2.45, 2.75) is 57.8 Å². The van der Waals surface area contributed by atoms with Crippen LogP contribution in [0, 0.1) is 0 Å². The molecule has 0 N–H and O–H groups in total. The molecule has 0 saturated heterocycles. The molecule has 2 heterocycles. The van der Waals surface area contributed by atoms with Crippen LogP contribution in [0.4, 0.5) is 0 Å². The Morgan fingerprint density at radius 1 is 0.455 bits per heavy atom. The van der Waals surface area contributed by atoms with Crippen LogP contribution in [0.3, 0.4) is 0 Å². The van der Waals surface area contributed by atoms with Crippen LogP contribution in [0.25, 0.3) is 69.9 Å². The summed E-state index contributed by atoms with van der Waals surface area (Å²) in [6.45, 7) is 13.8. The van der Waals surface area contributed by atoms with Crippen LogP contribution in [0.5, 0.6) is 0 Å². The first-order valence-corrected chi connectivity index (χ1v) is 20.2. The van der Waals surface area contributed by atoms with E-state index in [1.54, 1.807) is 11.3 Å². The zero-order valence-corrected chi connectivity index (χ0v) is 32.9. The van der Waals surface area contributed by atoms with Gasteiger partial charge in [-0.1, -0.05) is 120 Å². The molecule has 1 unspecified atom stereocenters. The van der Waals surface area contributed by atoms with Crippen molar-refractivity contribution in [3.63, 3.8) is 0 Å². The minimum atomic E-state index is -0.581. The minimum absolute atomic E-state index is 0.0282. The average Bonchev–Trinajstić information content (AvgIpc) is 3.77. The summed E-state index contributed by atoms with van der Waals surface area (Å²) in [6, 6.07) is 51.7. The number of hydrogen-bond acceptors (Lipinski definition) is 2. The van der Waals surface area contributed by atoms with E-state index in [0.29, 0.717) is 0 Å². The van der Waals surface area contributed by atoms with E-state index in [1.165, 1.54) is 77.4 Å². The van der Waals surface area contributed by atoms with E-state index < -0.39 is 5.41 Å². The van der Waals surface area contributed by atoms with Crippen molar-refractivity contribution in [2.24, 2.45) is 0 Å². The highest BCUT2D eigenvalue weighted by Gasteiger charge is 2.52. The third-order valence-corrected chi connectivity index (χ3v) is 13.7. The van der Waals surface area contributed by atoms with Gasteiger partial charge in [-0.2, -0.15) is 0 Å². The van der Waals surface area contributed by atoms with Crippen LogP contribution in [0.1, 0.15) is 74.9 Å². The lowest BCUT2D eigenvalue weighted by atomic mass is 9.70. The van der Waals surface area contributed by atoms with Crippen molar-refractivity contribution in [3.8, 4) is 27.9 Å². The molecular weight excluding hydrogens is 687 g/mol. The molecule has 9 aromatic rings. The van der Waals surface area contributed by atoms with Gasteiger partial charge in [0.2, 0.25) is 0 Å². The maximum atomic E-state index is 14.3. The third kappa shape index (κ3) is 4.33. The molecule has 0 saturated carbocycles. The maximum Gasteiger partial charge on any atom is 0.195 e. The molecule has 1 spiro atoms. The maximum absolute atomic E-state index is 14.3. The second kappa shape index (κ2) is 10.9. The number of rotatable bonds is 1. The zero-order chi connectivity index (χ0) is 37.6. The predicted octanol–water partition coefficient (Wildman–Crippen LogP) is 13.5. The summed E-state index contributed by atoms with van der Waals surface area (Å²) in [4.78, 5) is 14.3. The lowest BCUT2D eigenvalue weighted by Gasteiger charge is -2.31. The number of benzene rings is 7. The summed E-state index contributed by atoms with van der Waals surface area (Å²) in [5.41, 5.74) is 15.8. The van der Waals surface area contributed by atoms with Crippen molar-refractivity contribution in [3.05, 3.63) is 183 Å². The molecule has 3 heteroatoms. The lowest BCUT2D eigenvalue weighted by Crippen LogP contribution is -2.26. The van der Waals surface area contributed by atoms with E-state index >= 15 is 0 Å². The topological polar surface area (TPSA) is 22.0 Å². The van der Waals surface area contributed by atoms with Crippen LogP contribution in [-0.4, -0.2) is 4.57 Å². The number of fused-ring (bicyclic) bond motifs is 15. The SMILES string of the molecule is CC(C)(C)c1ccc2c(c1)c1cc(C(C)(C)C)ccc1n2-c1ccc2c(c1)C1(c3ccccc3-2)c2ccccc2-c2cc3sc4ccccc4c(=O)c3cc21. The van der Waals surface area contributed by atoms with Crippen LogP contribution in [0.15, 0.2) is 144 Å².